The molecule has 0 bridgehead atoms. The summed E-state index contributed by atoms with van der Waals surface area (Å²) >= 11 is 0. The Balaban J connectivity index is 1.59. The highest BCUT2D eigenvalue weighted by molar-refractivity contribution is 7.89. The Bertz CT molecular complexity index is 1260. The summed E-state index contributed by atoms with van der Waals surface area (Å²) in [6, 6.07) is 12.5. The zero-order valence-electron chi connectivity index (χ0n) is 17.2. The maximum Gasteiger partial charge on any atom is 0.287 e. The fraction of sp³-hybridized carbons (Fsp3) is 0.286. The summed E-state index contributed by atoms with van der Waals surface area (Å²) in [5.41, 5.74) is 4.38. The molecule has 1 amide bonds. The van der Waals surface area contributed by atoms with Gasteiger partial charge in [0.2, 0.25) is 10.0 Å². The van der Waals surface area contributed by atoms with Crippen molar-refractivity contribution in [2.75, 3.05) is 12.8 Å². The van der Waals surface area contributed by atoms with Crippen molar-refractivity contribution in [1.29, 1.82) is 0 Å². The van der Waals surface area contributed by atoms with Crippen molar-refractivity contribution < 1.29 is 17.6 Å². The highest BCUT2D eigenvalue weighted by Gasteiger charge is 2.24. The number of amides is 1. The predicted octanol–water partition coefficient (Wildman–Crippen LogP) is 1.96. The van der Waals surface area contributed by atoms with Gasteiger partial charge in [-0.1, -0.05) is 29.5 Å². The molecule has 31 heavy (non-hydrogen) atoms. The first kappa shape index (κ1) is 21.1. The molecule has 0 unspecified atom stereocenters. The number of sulfonamides is 1. The van der Waals surface area contributed by atoms with Crippen LogP contribution in [-0.2, 0) is 29.5 Å². The topological polar surface area (TPSA) is 97.2 Å². The summed E-state index contributed by atoms with van der Waals surface area (Å²) < 4.78 is 39.7. The van der Waals surface area contributed by atoms with Gasteiger partial charge in [0.15, 0.2) is 5.69 Å². The van der Waals surface area contributed by atoms with E-state index in [0.29, 0.717) is 18.8 Å². The quantitative estimate of drug-likeness (QED) is 0.648. The van der Waals surface area contributed by atoms with E-state index in [0.717, 1.165) is 41.6 Å². The molecule has 0 saturated heterocycles. The van der Waals surface area contributed by atoms with E-state index >= 15 is 0 Å². The van der Waals surface area contributed by atoms with Crippen LogP contribution in [0.1, 0.15) is 32.9 Å². The molecule has 0 atom stereocenters. The summed E-state index contributed by atoms with van der Waals surface area (Å²) in [4.78, 5) is 14.5. The van der Waals surface area contributed by atoms with Crippen LogP contribution in [0.3, 0.4) is 0 Å². The first-order chi connectivity index (χ1) is 14.7. The highest BCUT2D eigenvalue weighted by Crippen LogP contribution is 2.27. The predicted molar refractivity (Wildman–Crippen MR) is 113 cm³/mol. The average Bonchev–Trinajstić information content (AvgIpc) is 3.07. The van der Waals surface area contributed by atoms with E-state index in [1.165, 1.54) is 6.07 Å². The molecule has 0 radical (unpaired) electrons. The van der Waals surface area contributed by atoms with Gasteiger partial charge in [-0.2, -0.15) is 0 Å². The number of aromatic nitrogens is 3. The number of hydrogen-bond donors (Lipinski definition) is 1. The Labute approximate surface area is 179 Å². The number of fused-ring (bicyclic) bond motifs is 1. The normalized spacial score (nSPS) is 14.3. The SMILES string of the molecule is Cc1c(C(=O)NS(C)(=O)=O)nnn1-c1cccc2c1CCN(Cc1cccc(F)c1)C2. The standard InChI is InChI=1S/C21H22FN5O3S/c1-14-20(21(28)24-31(2,29)30)23-25-27(14)19-8-4-6-16-13-26(10-9-18(16)19)12-15-5-3-7-17(22)11-15/h3-8,11H,9-10,12-13H2,1-2H3,(H,24,28). The van der Waals surface area contributed by atoms with Gasteiger partial charge in [-0.25, -0.2) is 22.2 Å². The smallest absolute Gasteiger partial charge is 0.287 e. The van der Waals surface area contributed by atoms with Gasteiger partial charge in [0.1, 0.15) is 5.82 Å². The van der Waals surface area contributed by atoms with E-state index < -0.39 is 15.9 Å². The number of carbonyl (C=O) groups is 1. The second kappa shape index (κ2) is 8.20. The van der Waals surface area contributed by atoms with E-state index in [9.17, 15) is 17.6 Å². The van der Waals surface area contributed by atoms with Crippen LogP contribution in [0, 0.1) is 12.7 Å². The van der Waals surface area contributed by atoms with Crippen LogP contribution >= 0.6 is 0 Å². The molecule has 162 valence electrons. The molecule has 1 N–H and O–H groups in total. The van der Waals surface area contributed by atoms with Crippen molar-refractivity contribution >= 4 is 15.9 Å². The van der Waals surface area contributed by atoms with Gasteiger partial charge in [-0.3, -0.25) is 9.69 Å². The number of carbonyl (C=O) groups excluding carboxylic acids is 1. The third-order valence-corrected chi connectivity index (χ3v) is 5.79. The van der Waals surface area contributed by atoms with E-state index in [1.54, 1.807) is 23.7 Å². The molecule has 2 aromatic carbocycles. The number of halogens is 1. The minimum atomic E-state index is -3.70. The molecule has 3 aromatic rings. The minimum absolute atomic E-state index is 0.0356. The molecular weight excluding hydrogens is 421 g/mol. The molecule has 8 nitrogen and oxygen atoms in total. The van der Waals surface area contributed by atoms with Gasteiger partial charge < -0.3 is 0 Å². The van der Waals surface area contributed by atoms with Crippen molar-refractivity contribution in [2.45, 2.75) is 26.4 Å². The fourth-order valence-electron chi connectivity index (χ4n) is 3.86. The molecule has 0 spiro atoms. The van der Waals surface area contributed by atoms with Crippen molar-refractivity contribution in [3.63, 3.8) is 0 Å². The summed E-state index contributed by atoms with van der Waals surface area (Å²) in [6.07, 6.45) is 1.67. The first-order valence-electron chi connectivity index (χ1n) is 9.73. The molecule has 2 heterocycles. The van der Waals surface area contributed by atoms with Gasteiger partial charge in [-0.05, 0) is 48.2 Å². The van der Waals surface area contributed by atoms with Crippen LogP contribution in [0.2, 0.25) is 0 Å². The number of hydrogen-bond acceptors (Lipinski definition) is 6. The lowest BCUT2D eigenvalue weighted by molar-refractivity contribution is 0.0976. The van der Waals surface area contributed by atoms with Crippen LogP contribution in [0.4, 0.5) is 4.39 Å². The van der Waals surface area contributed by atoms with E-state index in [2.05, 4.69) is 15.2 Å². The van der Waals surface area contributed by atoms with Gasteiger partial charge in [0.25, 0.3) is 5.91 Å². The average molecular weight is 444 g/mol. The van der Waals surface area contributed by atoms with Gasteiger partial charge in [0, 0.05) is 19.6 Å². The van der Waals surface area contributed by atoms with Crippen molar-refractivity contribution in [3.8, 4) is 5.69 Å². The summed E-state index contributed by atoms with van der Waals surface area (Å²) in [6.45, 7) is 3.82. The lowest BCUT2D eigenvalue weighted by Crippen LogP contribution is -2.31. The van der Waals surface area contributed by atoms with Crippen LogP contribution in [0.25, 0.3) is 5.69 Å². The van der Waals surface area contributed by atoms with Crippen LogP contribution < -0.4 is 4.72 Å². The van der Waals surface area contributed by atoms with E-state index in [1.807, 2.05) is 29.0 Å². The van der Waals surface area contributed by atoms with Gasteiger partial charge >= 0.3 is 0 Å². The lowest BCUT2D eigenvalue weighted by Gasteiger charge is -2.30. The van der Waals surface area contributed by atoms with Gasteiger partial charge in [-0.15, -0.1) is 5.10 Å². The maximum absolute atomic E-state index is 13.5. The van der Waals surface area contributed by atoms with Crippen LogP contribution in [0.5, 0.6) is 0 Å². The lowest BCUT2D eigenvalue weighted by atomic mass is 9.97. The Morgan fingerprint density at radius 2 is 2.00 bits per heavy atom. The van der Waals surface area contributed by atoms with Gasteiger partial charge in [0.05, 0.1) is 17.6 Å². The highest BCUT2D eigenvalue weighted by atomic mass is 32.2. The Morgan fingerprint density at radius 3 is 2.74 bits per heavy atom. The van der Waals surface area contributed by atoms with Crippen molar-refractivity contribution in [3.05, 3.63) is 76.4 Å². The molecule has 4 rings (SSSR count). The Morgan fingerprint density at radius 1 is 1.23 bits per heavy atom. The maximum atomic E-state index is 13.5. The zero-order valence-corrected chi connectivity index (χ0v) is 18.0. The summed E-state index contributed by atoms with van der Waals surface area (Å²) in [5.74, 6) is -1.05. The molecule has 0 saturated carbocycles. The van der Waals surface area contributed by atoms with Crippen LogP contribution in [0.15, 0.2) is 42.5 Å². The Kier molecular flexibility index (Phi) is 5.59. The second-order valence-electron chi connectivity index (χ2n) is 7.64. The summed E-state index contributed by atoms with van der Waals surface area (Å²) in [5, 5.41) is 7.99. The molecule has 1 aliphatic heterocycles. The largest absolute Gasteiger partial charge is 0.294 e. The molecular formula is C21H22FN5O3S. The fourth-order valence-corrected chi connectivity index (χ4v) is 4.29. The zero-order chi connectivity index (χ0) is 22.2. The van der Waals surface area contributed by atoms with Crippen LogP contribution in [-0.4, -0.2) is 47.0 Å². The van der Waals surface area contributed by atoms with Crippen molar-refractivity contribution in [2.24, 2.45) is 0 Å². The molecule has 1 aliphatic rings. The van der Waals surface area contributed by atoms with E-state index in [-0.39, 0.29) is 11.5 Å². The number of nitrogens with one attached hydrogen (secondary N) is 1. The Hall–Kier alpha value is -3.11. The monoisotopic (exact) mass is 443 g/mol. The first-order valence-corrected chi connectivity index (χ1v) is 11.6. The molecule has 0 aliphatic carbocycles. The number of rotatable bonds is 5. The second-order valence-corrected chi connectivity index (χ2v) is 9.39. The minimum Gasteiger partial charge on any atom is -0.294 e. The number of nitrogens with zero attached hydrogens (tertiary/aromatic N) is 4. The summed E-state index contributed by atoms with van der Waals surface area (Å²) in [7, 11) is -3.70. The number of benzene rings is 2. The molecule has 1 aromatic heterocycles. The third kappa shape index (κ3) is 4.64. The van der Waals surface area contributed by atoms with Crippen molar-refractivity contribution in [1.82, 2.24) is 24.6 Å². The third-order valence-electron chi connectivity index (χ3n) is 5.23. The molecule has 0 fully saturated rings. The van der Waals surface area contributed by atoms with E-state index in [4.69, 9.17) is 0 Å². The molecule has 10 heteroatoms.